The number of nitrogens with zero attached hydrogens (tertiary/aromatic N) is 1. The molecule has 1 aromatic rings. The number of benzene rings is 1. The number of fused-ring (bicyclic) bond motifs is 7. The van der Waals surface area contributed by atoms with Gasteiger partial charge in [0.05, 0.1) is 6.10 Å². The maximum atomic E-state index is 13.0. The van der Waals surface area contributed by atoms with Crippen molar-refractivity contribution in [3.63, 3.8) is 0 Å². The van der Waals surface area contributed by atoms with Crippen molar-refractivity contribution in [3.05, 3.63) is 29.3 Å². The lowest BCUT2D eigenvalue weighted by Crippen LogP contribution is -2.49. The minimum Gasteiger partial charge on any atom is -0.616 e. The average Bonchev–Trinajstić information content (AvgIpc) is 3.67. The molecule has 0 saturated heterocycles. The fourth-order valence-electron chi connectivity index (χ4n) is 9.24. The Morgan fingerprint density at radius 1 is 1.02 bits per heavy atom. The fourth-order valence-corrected chi connectivity index (χ4v) is 10.4. The van der Waals surface area contributed by atoms with Crippen LogP contribution in [-0.4, -0.2) is 69.5 Å². The molecule has 244 valence electrons. The summed E-state index contributed by atoms with van der Waals surface area (Å²) >= 11 is -1.40. The number of aliphatic hydroxyl groups excluding tert-OH is 1. The molecule has 0 aliphatic heterocycles. The second-order valence-corrected chi connectivity index (χ2v) is 16.0. The summed E-state index contributed by atoms with van der Waals surface area (Å²) in [6, 6.07) is 5.95. The van der Waals surface area contributed by atoms with Crippen LogP contribution in [0.15, 0.2) is 18.2 Å². The molecule has 43 heavy (non-hydrogen) atoms. The summed E-state index contributed by atoms with van der Waals surface area (Å²) in [5.74, 6) is -0.827. The van der Waals surface area contributed by atoms with E-state index >= 15 is 0 Å². The third-order valence-corrected chi connectivity index (χ3v) is 12.9. The fraction of sp³-hybridized carbons (Fsp3) is 0.818. The zero-order chi connectivity index (χ0) is 31.2. The number of aliphatic hydroxyl groups is 1. The number of aromatic hydroxyl groups is 1. The smallest absolute Gasteiger partial charge is 0.453 e. The van der Waals surface area contributed by atoms with E-state index in [2.05, 4.69) is 17.9 Å². The third-order valence-electron chi connectivity index (χ3n) is 11.4. The molecule has 0 bridgehead atoms. The van der Waals surface area contributed by atoms with E-state index < -0.39 is 36.1 Å². The van der Waals surface area contributed by atoms with Crippen molar-refractivity contribution in [1.82, 2.24) is 4.90 Å². The van der Waals surface area contributed by atoms with Crippen LogP contribution in [0.2, 0.25) is 0 Å². The molecule has 0 heterocycles. The number of phenolic OH excluding ortho intramolecular Hbond substituents is 1. The number of hydrogen-bond donors (Lipinski definition) is 2. The monoisotopic (exact) mass is 633 g/mol. The number of halogens is 5. The van der Waals surface area contributed by atoms with Crippen LogP contribution < -0.4 is 0 Å². The molecule has 0 spiro atoms. The predicted molar refractivity (Wildman–Crippen MR) is 159 cm³/mol. The molecule has 0 radical (unpaired) electrons. The largest absolute Gasteiger partial charge is 0.616 e. The zero-order valence-electron chi connectivity index (χ0n) is 25.4. The van der Waals surface area contributed by atoms with Gasteiger partial charge in [-0.3, -0.25) is 0 Å². The van der Waals surface area contributed by atoms with Crippen LogP contribution in [0, 0.1) is 35.0 Å². The van der Waals surface area contributed by atoms with E-state index in [4.69, 9.17) is 0 Å². The van der Waals surface area contributed by atoms with Gasteiger partial charge < -0.3 is 19.7 Å². The zero-order valence-corrected chi connectivity index (χ0v) is 26.2. The Hall–Kier alpha value is -1.10. The minimum absolute atomic E-state index is 0.0297. The van der Waals surface area contributed by atoms with E-state index in [1.807, 2.05) is 19.2 Å². The van der Waals surface area contributed by atoms with Gasteiger partial charge in [0.15, 0.2) is 0 Å². The quantitative estimate of drug-likeness (QED) is 0.128. The average molecular weight is 634 g/mol. The summed E-state index contributed by atoms with van der Waals surface area (Å²) in [6.45, 7) is 3.95. The van der Waals surface area contributed by atoms with E-state index in [0.29, 0.717) is 60.0 Å². The first-order valence-corrected chi connectivity index (χ1v) is 17.7. The van der Waals surface area contributed by atoms with Crippen molar-refractivity contribution in [2.45, 2.75) is 102 Å². The molecule has 4 aliphatic carbocycles. The Labute approximate surface area is 256 Å². The lowest BCUT2D eigenvalue weighted by atomic mass is 9.51. The molecule has 0 amide bonds. The van der Waals surface area contributed by atoms with Crippen molar-refractivity contribution in [2.24, 2.45) is 35.0 Å². The molecule has 10 heteroatoms. The summed E-state index contributed by atoms with van der Waals surface area (Å²) in [5, 5.41) is 21.4. The van der Waals surface area contributed by atoms with Crippen LogP contribution in [0.3, 0.4) is 0 Å². The molecule has 4 aliphatic rings. The van der Waals surface area contributed by atoms with E-state index in [0.717, 1.165) is 51.5 Å². The van der Waals surface area contributed by atoms with E-state index in [-0.39, 0.29) is 17.3 Å². The molecular weight excluding hydrogens is 585 g/mol. The van der Waals surface area contributed by atoms with Gasteiger partial charge in [0.25, 0.3) is 0 Å². The lowest BCUT2D eigenvalue weighted by Gasteiger charge is -2.54. The molecule has 1 aromatic carbocycles. The van der Waals surface area contributed by atoms with Crippen LogP contribution in [0.5, 0.6) is 5.75 Å². The van der Waals surface area contributed by atoms with Gasteiger partial charge in [-0.25, -0.2) is 0 Å². The number of alkyl halides is 5. The van der Waals surface area contributed by atoms with Gasteiger partial charge in [-0.1, -0.05) is 37.0 Å². The van der Waals surface area contributed by atoms with Crippen molar-refractivity contribution in [3.8, 4) is 5.75 Å². The molecule has 1 unspecified atom stereocenters. The van der Waals surface area contributed by atoms with Crippen LogP contribution in [-0.2, 0) is 17.6 Å². The minimum atomic E-state index is -5.55. The van der Waals surface area contributed by atoms with E-state index in [1.165, 1.54) is 17.5 Å². The van der Waals surface area contributed by atoms with Gasteiger partial charge in [-0.05, 0) is 123 Å². The van der Waals surface area contributed by atoms with Gasteiger partial charge in [0.1, 0.15) is 17.3 Å². The Balaban J connectivity index is 1.04. The number of phenols is 1. The molecule has 5 rings (SSSR count). The normalized spacial score (nSPS) is 34.0. The highest BCUT2D eigenvalue weighted by molar-refractivity contribution is 7.91. The second kappa shape index (κ2) is 13.0. The highest BCUT2D eigenvalue weighted by atomic mass is 32.2. The summed E-state index contributed by atoms with van der Waals surface area (Å²) < 4.78 is 74.9. The van der Waals surface area contributed by atoms with Crippen LogP contribution in [0.25, 0.3) is 0 Å². The number of hydrogen-bond acceptors (Lipinski definition) is 4. The predicted octanol–water partition coefficient (Wildman–Crippen LogP) is 7.30. The van der Waals surface area contributed by atoms with Gasteiger partial charge in [0, 0.05) is 19.4 Å². The van der Waals surface area contributed by atoms with Crippen LogP contribution in [0.1, 0.15) is 88.2 Å². The molecule has 0 aromatic heterocycles. The summed E-state index contributed by atoms with van der Waals surface area (Å²) in [4.78, 5) is 2.17. The number of unbranched alkanes of at least 4 members (excludes halogenated alkanes) is 2. The Kier molecular flexibility index (Phi) is 10.0. The van der Waals surface area contributed by atoms with Gasteiger partial charge in [0.2, 0.25) is 0 Å². The first-order chi connectivity index (χ1) is 20.2. The molecule has 4 nitrogen and oxygen atoms in total. The van der Waals surface area contributed by atoms with Gasteiger partial charge >= 0.3 is 12.1 Å². The summed E-state index contributed by atoms with van der Waals surface area (Å²) in [6.07, 6.45) is 1.93. The molecule has 9 atom stereocenters. The molecule has 3 saturated carbocycles. The molecule has 3 fully saturated rings. The maximum absolute atomic E-state index is 13.0. The maximum Gasteiger partial charge on any atom is 0.453 e. The summed E-state index contributed by atoms with van der Waals surface area (Å²) in [7, 11) is 2.00. The first-order valence-electron chi connectivity index (χ1n) is 16.2. The van der Waals surface area contributed by atoms with Gasteiger partial charge in [-0.15, -0.1) is 0 Å². The van der Waals surface area contributed by atoms with E-state index in [1.54, 1.807) is 0 Å². The topological polar surface area (TPSA) is 66.8 Å². The Bertz CT molecular complexity index is 1100. The standard InChI is InChI=1S/C33H48F5NO3S/c1-31-13-11-25-24-10-9-23(40)19-22(24)18-21(28(25)29(31)26-20-27(26)30(31)41)8-4-3-5-14-39(2)15-7-17-43(42)16-6-12-32(34,35)33(36,37)38/h9-10,19,21,25-30,40-41H,3-8,11-18,20H2,1-2H3/t21-,25-,26-,27+,28-,29+,30+,31+,43?/m1/s1. The van der Waals surface area contributed by atoms with Crippen molar-refractivity contribution < 1.29 is 36.7 Å². The van der Waals surface area contributed by atoms with Crippen molar-refractivity contribution in [1.29, 1.82) is 0 Å². The highest BCUT2D eigenvalue weighted by Crippen LogP contribution is 2.72. The first kappa shape index (κ1) is 33.3. The summed E-state index contributed by atoms with van der Waals surface area (Å²) in [5.41, 5.74) is 2.75. The van der Waals surface area contributed by atoms with Crippen molar-refractivity contribution in [2.75, 3.05) is 31.6 Å². The Morgan fingerprint density at radius 3 is 2.49 bits per heavy atom. The van der Waals surface area contributed by atoms with Crippen molar-refractivity contribution >= 4 is 11.2 Å². The lowest BCUT2D eigenvalue weighted by molar-refractivity contribution is -0.284. The van der Waals surface area contributed by atoms with E-state index in [9.17, 15) is 36.7 Å². The van der Waals surface area contributed by atoms with Crippen LogP contribution >= 0.6 is 0 Å². The highest BCUT2D eigenvalue weighted by Gasteiger charge is 2.69. The Morgan fingerprint density at radius 2 is 1.74 bits per heavy atom. The second-order valence-electron chi connectivity index (χ2n) is 14.3. The van der Waals surface area contributed by atoms with Gasteiger partial charge in [-0.2, -0.15) is 22.0 Å². The SMILES string of the molecule is CN(CCCCC[C@@H]1Cc2cc(O)ccc2[C@H]2CC[C@@]3(C)[C@@H]([C@@H]4C[C@@H]4[C@@H]3O)[C@H]12)CCC[S+]([O-])CCCC(F)(F)C(F)(F)F. The van der Waals surface area contributed by atoms with Crippen LogP contribution in [0.4, 0.5) is 22.0 Å². The third kappa shape index (κ3) is 7.02. The molecule has 2 N–H and O–H groups in total. The number of rotatable bonds is 14. The molecular formula is C33H48F5NO3S.